The Morgan fingerprint density at radius 1 is 0.913 bits per heavy atom. The van der Waals surface area contributed by atoms with Gasteiger partial charge in [-0.1, -0.05) is 66.4 Å². The minimum atomic E-state index is -0.984. The molecular weight excluding hydrogens is 621 g/mol. The summed E-state index contributed by atoms with van der Waals surface area (Å²) in [6, 6.07) is 27.0. The molecule has 1 N–H and O–H groups in total. The van der Waals surface area contributed by atoms with E-state index in [1.807, 2.05) is 30.3 Å². The molecular formula is C36H34N2O6S2. The minimum absolute atomic E-state index is 0.126. The van der Waals surface area contributed by atoms with Crippen molar-refractivity contribution < 1.29 is 28.9 Å². The number of amides is 1. The van der Waals surface area contributed by atoms with Gasteiger partial charge >= 0.3 is 5.97 Å². The Balaban J connectivity index is 1.15. The van der Waals surface area contributed by atoms with E-state index in [-0.39, 0.29) is 11.5 Å². The van der Waals surface area contributed by atoms with Gasteiger partial charge < -0.3 is 19.3 Å². The van der Waals surface area contributed by atoms with Crippen LogP contribution < -0.4 is 9.47 Å². The first-order chi connectivity index (χ1) is 22.4. The number of hydrogen-bond acceptors (Lipinski definition) is 8. The van der Waals surface area contributed by atoms with Crippen LogP contribution in [-0.2, 0) is 9.53 Å². The third kappa shape index (κ3) is 7.76. The van der Waals surface area contributed by atoms with Crippen molar-refractivity contribution in [3.8, 4) is 22.6 Å². The average molecular weight is 655 g/mol. The number of aromatic carboxylic acids is 1. The Bertz CT molecular complexity index is 1770. The van der Waals surface area contributed by atoms with E-state index >= 15 is 0 Å². The molecule has 1 amide bonds. The predicted molar refractivity (Wildman–Crippen MR) is 186 cm³/mol. The largest absolute Gasteiger partial charge is 0.494 e. The number of thiocarbonyl (C=S) groups is 1. The lowest BCUT2D eigenvalue weighted by Crippen LogP contribution is -2.38. The molecule has 10 heteroatoms. The van der Waals surface area contributed by atoms with Crippen LogP contribution in [0.15, 0.2) is 89.8 Å². The van der Waals surface area contributed by atoms with Crippen molar-refractivity contribution in [2.45, 2.75) is 6.42 Å². The average Bonchev–Trinajstić information content (AvgIpc) is 3.34. The van der Waals surface area contributed by atoms with Crippen LogP contribution in [-0.4, -0.2) is 83.7 Å². The molecule has 8 nitrogen and oxygen atoms in total. The number of nitrogens with zero attached hydrogens (tertiary/aromatic N) is 2. The van der Waals surface area contributed by atoms with Gasteiger partial charge in [0.2, 0.25) is 0 Å². The van der Waals surface area contributed by atoms with Crippen LogP contribution >= 0.6 is 24.0 Å². The maximum absolute atomic E-state index is 13.4. The number of thioether (sulfide) groups is 1. The number of carbonyl (C=O) groups excluding carboxylic acids is 1. The maximum Gasteiger partial charge on any atom is 0.335 e. The number of carbonyl (C=O) groups is 2. The number of fused-ring (bicyclic) bond motifs is 1. The second-order valence-electron chi connectivity index (χ2n) is 11.0. The summed E-state index contributed by atoms with van der Waals surface area (Å²) in [5, 5.41) is 11.4. The lowest BCUT2D eigenvalue weighted by molar-refractivity contribution is -0.122. The molecule has 0 unspecified atom stereocenters. The minimum Gasteiger partial charge on any atom is -0.494 e. The molecule has 2 aliphatic heterocycles. The van der Waals surface area contributed by atoms with Crippen LogP contribution in [0.5, 0.6) is 11.5 Å². The summed E-state index contributed by atoms with van der Waals surface area (Å²) in [7, 11) is 0. The smallest absolute Gasteiger partial charge is 0.335 e. The molecule has 4 aromatic rings. The van der Waals surface area contributed by atoms with E-state index in [0.717, 1.165) is 60.7 Å². The maximum atomic E-state index is 13.4. The highest BCUT2D eigenvalue weighted by Crippen LogP contribution is 2.36. The zero-order valence-electron chi connectivity index (χ0n) is 25.2. The van der Waals surface area contributed by atoms with Gasteiger partial charge in [-0.2, -0.15) is 0 Å². The zero-order valence-corrected chi connectivity index (χ0v) is 26.9. The molecule has 2 saturated heterocycles. The first-order valence-electron chi connectivity index (χ1n) is 15.2. The van der Waals surface area contributed by atoms with Crippen LogP contribution in [0.2, 0.25) is 0 Å². The van der Waals surface area contributed by atoms with Crippen molar-refractivity contribution >= 4 is 57.0 Å². The monoisotopic (exact) mass is 654 g/mol. The number of hydrogen-bond donors (Lipinski definition) is 1. The van der Waals surface area contributed by atoms with E-state index in [9.17, 15) is 9.59 Å². The van der Waals surface area contributed by atoms with Crippen molar-refractivity contribution in [2.75, 3.05) is 52.6 Å². The van der Waals surface area contributed by atoms with Crippen LogP contribution in [0.1, 0.15) is 22.3 Å². The predicted octanol–water partition coefficient (Wildman–Crippen LogP) is 6.59. The third-order valence-corrected chi connectivity index (χ3v) is 9.28. The van der Waals surface area contributed by atoms with E-state index in [2.05, 4.69) is 41.3 Å². The molecule has 6 rings (SSSR count). The highest BCUT2D eigenvalue weighted by molar-refractivity contribution is 8.26. The summed E-state index contributed by atoms with van der Waals surface area (Å²) in [6.07, 6.45) is 2.46. The van der Waals surface area contributed by atoms with Crippen molar-refractivity contribution in [3.05, 3.63) is 101 Å². The normalized spacial score (nSPS) is 16.3. The van der Waals surface area contributed by atoms with E-state index in [0.29, 0.717) is 41.2 Å². The van der Waals surface area contributed by atoms with Crippen LogP contribution in [0.4, 0.5) is 0 Å². The summed E-state index contributed by atoms with van der Waals surface area (Å²) in [4.78, 5) is 28.9. The first kappa shape index (κ1) is 31.7. The fraction of sp³-hybridized carbons (Fsp3) is 0.250. The second-order valence-corrected chi connectivity index (χ2v) is 12.7. The van der Waals surface area contributed by atoms with Crippen LogP contribution in [0, 0.1) is 0 Å². The number of ether oxygens (including phenoxy) is 3. The topological polar surface area (TPSA) is 88.5 Å². The van der Waals surface area contributed by atoms with Crippen molar-refractivity contribution in [3.63, 3.8) is 0 Å². The van der Waals surface area contributed by atoms with Gasteiger partial charge in [0.1, 0.15) is 22.4 Å². The number of benzene rings is 4. The number of carboxylic acid groups (broad SMARTS) is 1. The molecule has 236 valence electrons. The van der Waals surface area contributed by atoms with Crippen molar-refractivity contribution in [1.82, 2.24) is 9.80 Å². The van der Waals surface area contributed by atoms with Crippen molar-refractivity contribution in [1.29, 1.82) is 0 Å². The van der Waals surface area contributed by atoms with Crippen LogP contribution in [0.3, 0.4) is 0 Å². The van der Waals surface area contributed by atoms with E-state index in [4.69, 9.17) is 31.5 Å². The van der Waals surface area contributed by atoms with Gasteiger partial charge in [0.25, 0.3) is 5.91 Å². The first-order valence-corrected chi connectivity index (χ1v) is 16.4. The summed E-state index contributed by atoms with van der Waals surface area (Å²) in [5.41, 5.74) is 3.09. The number of morpholine rings is 1. The molecule has 2 aliphatic rings. The molecule has 0 bridgehead atoms. The van der Waals surface area contributed by atoms with Crippen molar-refractivity contribution in [2.24, 2.45) is 0 Å². The van der Waals surface area contributed by atoms with Gasteiger partial charge in [-0.3, -0.25) is 14.6 Å². The summed E-state index contributed by atoms with van der Waals surface area (Å²) in [6.45, 7) is 5.50. The Kier molecular flexibility index (Phi) is 10.3. The van der Waals surface area contributed by atoms with Gasteiger partial charge in [-0.15, -0.1) is 0 Å². The SMILES string of the molecule is O=C(O)c1ccc(OCCCN2C(=O)/C(=C/c3ccc(OCCN4CCOCC4)c(-c4ccc5ccccc5c4)c3)SC2=S)cc1. The highest BCUT2D eigenvalue weighted by Gasteiger charge is 2.31. The van der Waals surface area contributed by atoms with Gasteiger partial charge in [0.15, 0.2) is 0 Å². The summed E-state index contributed by atoms with van der Waals surface area (Å²) < 4.78 is 18.1. The van der Waals surface area contributed by atoms with Gasteiger partial charge in [0.05, 0.1) is 30.3 Å². The third-order valence-electron chi connectivity index (χ3n) is 7.90. The highest BCUT2D eigenvalue weighted by atomic mass is 32.2. The Hall–Kier alpha value is -4.22. The molecule has 0 atom stereocenters. The Morgan fingerprint density at radius 3 is 2.48 bits per heavy atom. The summed E-state index contributed by atoms with van der Waals surface area (Å²) >= 11 is 6.86. The molecule has 0 spiro atoms. The molecule has 0 radical (unpaired) electrons. The zero-order chi connectivity index (χ0) is 31.9. The van der Waals surface area contributed by atoms with Crippen LogP contribution in [0.25, 0.3) is 28.0 Å². The molecule has 0 saturated carbocycles. The molecule has 0 aromatic heterocycles. The molecule has 0 aliphatic carbocycles. The Morgan fingerprint density at radius 2 is 1.70 bits per heavy atom. The lowest BCUT2D eigenvalue weighted by atomic mass is 9.98. The van der Waals surface area contributed by atoms with Gasteiger partial charge in [0, 0.05) is 31.7 Å². The van der Waals surface area contributed by atoms with Gasteiger partial charge in [-0.05, 0) is 76.9 Å². The fourth-order valence-corrected chi connectivity index (χ4v) is 6.71. The van der Waals surface area contributed by atoms with E-state index < -0.39 is 5.97 Å². The molecule has 4 aromatic carbocycles. The number of rotatable bonds is 12. The lowest BCUT2D eigenvalue weighted by Gasteiger charge is -2.26. The molecule has 46 heavy (non-hydrogen) atoms. The summed E-state index contributed by atoms with van der Waals surface area (Å²) in [5.74, 6) is 0.262. The fourth-order valence-electron chi connectivity index (χ4n) is 5.41. The van der Waals surface area contributed by atoms with E-state index in [1.165, 1.54) is 29.3 Å². The standard InChI is InChI=1S/C36H34N2O6S2/c39-34-33(46-36(45)38(34)14-3-18-43-30-11-9-27(10-12-30)35(40)41)23-25-6-13-32(44-21-17-37-15-19-42-20-16-37)31(22-25)29-8-7-26-4-1-2-5-28(26)24-29/h1-2,4-13,22-24H,3,14-21H2,(H,40,41)/b33-23-. The molecule has 2 heterocycles. The number of carboxylic acids is 1. The van der Waals surface area contributed by atoms with E-state index in [1.54, 1.807) is 17.0 Å². The second kappa shape index (κ2) is 14.9. The Labute approximate surface area is 277 Å². The quantitative estimate of drug-likeness (QED) is 0.103. The van der Waals surface area contributed by atoms with Gasteiger partial charge in [-0.25, -0.2) is 4.79 Å². The molecule has 2 fully saturated rings.